The fraction of sp³-hybridized carbons (Fsp3) is 0.500. The summed E-state index contributed by atoms with van der Waals surface area (Å²) in [7, 11) is 3.08. The Hall–Kier alpha value is -1.78. The lowest BCUT2D eigenvalue weighted by molar-refractivity contribution is -0.142. The first-order chi connectivity index (χ1) is 13.3. The van der Waals surface area contributed by atoms with E-state index in [0.29, 0.717) is 5.96 Å². The molecule has 1 atom stereocenters. The fourth-order valence-electron chi connectivity index (χ4n) is 3.59. The van der Waals surface area contributed by atoms with Crippen molar-refractivity contribution in [2.75, 3.05) is 7.05 Å². The van der Waals surface area contributed by atoms with Crippen LogP contribution in [-0.2, 0) is 32.6 Å². The number of benzene rings is 1. The predicted octanol–water partition coefficient (Wildman–Crippen LogP) is 4.36. The van der Waals surface area contributed by atoms with Crippen LogP contribution in [0.1, 0.15) is 53.8 Å². The summed E-state index contributed by atoms with van der Waals surface area (Å²) in [5.74, 6) is 0.446. The normalized spacial score (nSPS) is 15.3. The van der Waals surface area contributed by atoms with Crippen molar-refractivity contribution in [3.63, 3.8) is 0 Å². The minimum Gasteiger partial charge on any atom is -0.352 e. The van der Waals surface area contributed by atoms with E-state index in [1.54, 1.807) is 7.05 Å². The zero-order valence-electron chi connectivity index (χ0n) is 16.8. The van der Waals surface area contributed by atoms with E-state index >= 15 is 0 Å². The molecular weight excluding hydrogens is 494 g/mol. The quantitative estimate of drug-likeness (QED) is 0.357. The number of nitrogens with one attached hydrogen (secondary N) is 2. The van der Waals surface area contributed by atoms with Gasteiger partial charge in [0.05, 0.1) is 6.04 Å². The van der Waals surface area contributed by atoms with Gasteiger partial charge in [-0.1, -0.05) is 18.2 Å². The number of aromatic nitrogens is 2. The lowest BCUT2D eigenvalue weighted by Crippen LogP contribution is -2.38. The number of hydrogen-bond acceptors (Lipinski definition) is 2. The third-order valence-electron chi connectivity index (χ3n) is 5.07. The molecule has 2 N–H and O–H groups in total. The molecule has 0 aliphatic heterocycles. The Morgan fingerprint density at radius 1 is 1.24 bits per heavy atom. The molecule has 5 nitrogen and oxygen atoms in total. The molecule has 0 amide bonds. The summed E-state index contributed by atoms with van der Waals surface area (Å²) in [5.41, 5.74) is 3.16. The molecule has 1 unspecified atom stereocenters. The molecule has 1 aliphatic carbocycles. The first-order valence-corrected chi connectivity index (χ1v) is 9.46. The molecule has 0 fully saturated rings. The van der Waals surface area contributed by atoms with Gasteiger partial charge in [-0.2, -0.15) is 18.3 Å². The van der Waals surface area contributed by atoms with Crippen LogP contribution < -0.4 is 10.6 Å². The first-order valence-electron chi connectivity index (χ1n) is 9.46. The number of hydrogen-bond donors (Lipinski definition) is 2. The van der Waals surface area contributed by atoms with Crippen LogP contribution in [0.3, 0.4) is 0 Å². The van der Waals surface area contributed by atoms with Gasteiger partial charge in [-0.3, -0.25) is 9.67 Å². The Balaban J connectivity index is 0.00000300. The second kappa shape index (κ2) is 9.82. The van der Waals surface area contributed by atoms with E-state index in [4.69, 9.17) is 0 Å². The summed E-state index contributed by atoms with van der Waals surface area (Å²) in [6.45, 7) is 2.00. The highest BCUT2D eigenvalue weighted by atomic mass is 127. The first kappa shape index (κ1) is 23.5. The van der Waals surface area contributed by atoms with Gasteiger partial charge in [0.25, 0.3) is 0 Å². The SMILES string of the molecule is CN=C(NCc1cn(C)nc1C(F)(F)F)NC(C)c1ccc2c(c1)CCCC2.I. The molecular formula is C20H27F3IN5. The summed E-state index contributed by atoms with van der Waals surface area (Å²) in [5, 5.41) is 9.74. The van der Waals surface area contributed by atoms with E-state index in [-0.39, 0.29) is 42.1 Å². The standard InChI is InChI=1S/C20H26F3N5.HI/c1-13(15-9-8-14-6-4-5-7-16(14)10-15)26-19(24-2)25-11-17-12-28(3)27-18(17)20(21,22)23;/h8-10,12-13H,4-7,11H2,1-3H3,(H2,24,25,26);1H. The van der Waals surface area contributed by atoms with Crippen molar-refractivity contribution in [3.8, 4) is 0 Å². The smallest absolute Gasteiger partial charge is 0.352 e. The zero-order chi connectivity index (χ0) is 20.3. The molecule has 0 saturated carbocycles. The van der Waals surface area contributed by atoms with Crippen molar-refractivity contribution in [2.45, 2.75) is 51.4 Å². The maximum absolute atomic E-state index is 13.1. The molecule has 0 bridgehead atoms. The topological polar surface area (TPSA) is 54.2 Å². The van der Waals surface area contributed by atoms with Crippen molar-refractivity contribution in [3.05, 3.63) is 52.3 Å². The van der Waals surface area contributed by atoms with Gasteiger partial charge in [-0.25, -0.2) is 0 Å². The number of nitrogens with zero attached hydrogens (tertiary/aromatic N) is 3. The maximum Gasteiger partial charge on any atom is 0.435 e. The van der Waals surface area contributed by atoms with Crippen LogP contribution in [0.25, 0.3) is 0 Å². The lowest BCUT2D eigenvalue weighted by Gasteiger charge is -2.21. The highest BCUT2D eigenvalue weighted by Crippen LogP contribution is 2.30. The van der Waals surface area contributed by atoms with Crippen LogP contribution in [0.5, 0.6) is 0 Å². The Kier molecular flexibility index (Phi) is 7.95. The Bertz CT molecular complexity index is 860. The average molecular weight is 521 g/mol. The van der Waals surface area contributed by atoms with Crippen LogP contribution in [0.15, 0.2) is 29.4 Å². The lowest BCUT2D eigenvalue weighted by atomic mass is 9.89. The van der Waals surface area contributed by atoms with Gasteiger partial charge in [0, 0.05) is 32.4 Å². The van der Waals surface area contributed by atoms with Crippen LogP contribution in [0.2, 0.25) is 0 Å². The molecule has 3 rings (SSSR count). The van der Waals surface area contributed by atoms with E-state index in [1.807, 2.05) is 6.92 Å². The third kappa shape index (κ3) is 5.86. The number of alkyl halides is 3. The van der Waals surface area contributed by atoms with Gasteiger partial charge in [0.2, 0.25) is 0 Å². The van der Waals surface area contributed by atoms with E-state index in [1.165, 1.54) is 41.9 Å². The highest BCUT2D eigenvalue weighted by Gasteiger charge is 2.36. The third-order valence-corrected chi connectivity index (χ3v) is 5.07. The number of rotatable bonds is 4. The number of aryl methyl sites for hydroxylation is 3. The summed E-state index contributed by atoms with van der Waals surface area (Å²) in [4.78, 5) is 4.14. The summed E-state index contributed by atoms with van der Waals surface area (Å²) < 4.78 is 40.4. The molecule has 0 saturated heterocycles. The molecule has 9 heteroatoms. The Morgan fingerprint density at radius 3 is 2.59 bits per heavy atom. The maximum atomic E-state index is 13.1. The van der Waals surface area contributed by atoms with Crippen molar-refractivity contribution in [1.29, 1.82) is 0 Å². The largest absolute Gasteiger partial charge is 0.435 e. The summed E-state index contributed by atoms with van der Waals surface area (Å²) >= 11 is 0. The summed E-state index contributed by atoms with van der Waals surface area (Å²) in [6.07, 6.45) is 1.58. The molecule has 1 aromatic carbocycles. The molecule has 1 aromatic heterocycles. The molecule has 2 aromatic rings. The summed E-state index contributed by atoms with van der Waals surface area (Å²) in [6, 6.07) is 6.50. The predicted molar refractivity (Wildman–Crippen MR) is 118 cm³/mol. The van der Waals surface area contributed by atoms with Gasteiger partial charge in [-0.05, 0) is 49.3 Å². The fourth-order valence-corrected chi connectivity index (χ4v) is 3.59. The Labute approximate surface area is 186 Å². The van der Waals surface area contributed by atoms with Crippen LogP contribution in [-0.4, -0.2) is 22.8 Å². The number of fused-ring (bicyclic) bond motifs is 1. The minimum atomic E-state index is -4.48. The number of aliphatic imine (C=N–C) groups is 1. The highest BCUT2D eigenvalue weighted by molar-refractivity contribution is 14.0. The van der Waals surface area contributed by atoms with Crippen molar-refractivity contribution in [2.24, 2.45) is 12.0 Å². The Morgan fingerprint density at radius 2 is 1.93 bits per heavy atom. The second-order valence-electron chi connectivity index (χ2n) is 7.20. The monoisotopic (exact) mass is 521 g/mol. The van der Waals surface area contributed by atoms with Gasteiger partial charge >= 0.3 is 6.18 Å². The van der Waals surface area contributed by atoms with E-state index in [0.717, 1.165) is 18.4 Å². The van der Waals surface area contributed by atoms with Crippen LogP contribution >= 0.6 is 24.0 Å². The molecule has 0 spiro atoms. The van der Waals surface area contributed by atoms with E-state index in [2.05, 4.69) is 38.9 Å². The van der Waals surface area contributed by atoms with Crippen LogP contribution in [0, 0.1) is 0 Å². The number of guanidine groups is 1. The molecule has 1 heterocycles. The van der Waals surface area contributed by atoms with Crippen molar-refractivity contribution in [1.82, 2.24) is 20.4 Å². The van der Waals surface area contributed by atoms with Crippen molar-refractivity contribution >= 4 is 29.9 Å². The number of halogens is 4. The zero-order valence-corrected chi connectivity index (χ0v) is 19.1. The van der Waals surface area contributed by atoms with Gasteiger partial charge in [0.1, 0.15) is 0 Å². The van der Waals surface area contributed by atoms with E-state index < -0.39 is 11.9 Å². The second-order valence-corrected chi connectivity index (χ2v) is 7.20. The van der Waals surface area contributed by atoms with Crippen molar-refractivity contribution < 1.29 is 13.2 Å². The van der Waals surface area contributed by atoms with Crippen LogP contribution in [0.4, 0.5) is 13.2 Å². The van der Waals surface area contributed by atoms with E-state index in [9.17, 15) is 13.2 Å². The molecule has 160 valence electrons. The van der Waals surface area contributed by atoms with Gasteiger partial charge in [-0.15, -0.1) is 24.0 Å². The van der Waals surface area contributed by atoms with Gasteiger partial charge < -0.3 is 10.6 Å². The molecule has 0 radical (unpaired) electrons. The molecule has 29 heavy (non-hydrogen) atoms. The molecule has 1 aliphatic rings. The average Bonchev–Trinajstić information content (AvgIpc) is 3.05. The van der Waals surface area contributed by atoms with Gasteiger partial charge in [0.15, 0.2) is 11.7 Å². The minimum absolute atomic E-state index is 0.